The molecule has 0 saturated carbocycles. The topological polar surface area (TPSA) is 117 Å². The number of hydrogen-bond donors (Lipinski definition) is 1. The van der Waals surface area contributed by atoms with E-state index in [-0.39, 0.29) is 6.15 Å². The second-order valence-corrected chi connectivity index (χ2v) is 10.3. The van der Waals surface area contributed by atoms with Gasteiger partial charge in [0.15, 0.2) is 0 Å². The lowest BCUT2D eigenvalue weighted by molar-refractivity contribution is -0.908. The van der Waals surface area contributed by atoms with E-state index < -0.39 is 10.4 Å². The van der Waals surface area contributed by atoms with Crippen LogP contribution in [0.4, 0.5) is 0 Å². The Hall–Kier alpha value is -0.210. The first-order valence-electron chi connectivity index (χ1n) is 13.2. The third-order valence-corrected chi connectivity index (χ3v) is 6.33. The van der Waals surface area contributed by atoms with Crippen molar-refractivity contribution in [3.8, 4) is 0 Å². The molecule has 6 nitrogen and oxygen atoms in total. The van der Waals surface area contributed by atoms with Crippen molar-refractivity contribution < 1.29 is 22.0 Å². The normalized spacial score (nSPS) is 13.1. The Morgan fingerprint density at radius 2 is 0.812 bits per heavy atom. The van der Waals surface area contributed by atoms with Gasteiger partial charge in [0.2, 0.25) is 0 Å². The van der Waals surface area contributed by atoms with E-state index in [9.17, 15) is 0 Å². The molecule has 0 heterocycles. The average molecular weight is 483 g/mol. The molecule has 0 aromatic carbocycles. The summed E-state index contributed by atoms with van der Waals surface area (Å²) in [5, 5.41) is 0. The van der Waals surface area contributed by atoms with Crippen LogP contribution in [0.15, 0.2) is 0 Å². The number of rotatable bonds is 21. The maximum absolute atomic E-state index is 8.52. The highest BCUT2D eigenvalue weighted by atomic mass is 32.3. The molecule has 0 bridgehead atoms. The first-order chi connectivity index (χ1) is 14.7. The van der Waals surface area contributed by atoms with E-state index >= 15 is 0 Å². The quantitative estimate of drug-likeness (QED) is 0.0786. The van der Waals surface area contributed by atoms with Crippen LogP contribution in [0.3, 0.4) is 0 Å². The largest absolute Gasteiger partial charge is 0.759 e. The van der Waals surface area contributed by atoms with E-state index in [0.717, 1.165) is 0 Å². The third kappa shape index (κ3) is 34.4. The van der Waals surface area contributed by atoms with Gasteiger partial charge in [-0.3, -0.25) is 8.42 Å². The highest BCUT2D eigenvalue weighted by Crippen LogP contribution is 2.14. The first-order valence-corrected chi connectivity index (χ1v) is 14.5. The zero-order chi connectivity index (χ0) is 23.8. The fourth-order valence-electron chi connectivity index (χ4n) is 4.19. The second kappa shape index (κ2) is 25.4. The maximum Gasteiger partial charge on any atom is 0.0784 e. The van der Waals surface area contributed by atoms with E-state index in [2.05, 4.69) is 27.8 Å². The predicted octanol–water partition coefficient (Wildman–Crippen LogP) is 7.55. The minimum absolute atomic E-state index is 0. The summed E-state index contributed by atoms with van der Waals surface area (Å²) in [6.45, 7) is 11.0. The molecule has 4 N–H and O–H groups in total. The summed E-state index contributed by atoms with van der Waals surface area (Å²) >= 11 is 0. The zero-order valence-electron chi connectivity index (χ0n) is 22.3. The summed E-state index contributed by atoms with van der Waals surface area (Å²) in [5.41, 5.74) is 0. The van der Waals surface area contributed by atoms with Crippen LogP contribution in [0.1, 0.15) is 136 Å². The summed E-state index contributed by atoms with van der Waals surface area (Å²) in [5.74, 6) is 0. The van der Waals surface area contributed by atoms with Crippen LogP contribution in [0.2, 0.25) is 0 Å². The molecule has 0 spiro atoms. The molecule has 1 unspecified atom stereocenters. The van der Waals surface area contributed by atoms with Crippen LogP contribution in [-0.4, -0.2) is 48.7 Å². The van der Waals surface area contributed by atoms with Gasteiger partial charge in [-0.2, -0.15) is 0 Å². The van der Waals surface area contributed by atoms with Gasteiger partial charge in [-0.25, -0.2) is 0 Å². The van der Waals surface area contributed by atoms with Gasteiger partial charge in [-0.15, -0.1) is 0 Å². The van der Waals surface area contributed by atoms with Crippen molar-refractivity contribution in [3.63, 3.8) is 0 Å². The lowest BCUT2D eigenvalue weighted by Crippen LogP contribution is -2.45. The third-order valence-electron chi connectivity index (χ3n) is 6.33. The number of hydrogen-bond acceptors (Lipinski definition) is 4. The molecular weight excluding hydrogens is 424 g/mol. The number of unbranched alkanes of at least 4 members (excludes halogenated alkanes) is 16. The molecular formula is C25H58N2O4S. The van der Waals surface area contributed by atoms with Crippen molar-refractivity contribution in [1.29, 1.82) is 0 Å². The maximum atomic E-state index is 8.52. The molecule has 0 aliphatic heterocycles. The van der Waals surface area contributed by atoms with Gasteiger partial charge in [0, 0.05) is 10.4 Å². The van der Waals surface area contributed by atoms with Crippen LogP contribution in [-0.2, 0) is 10.4 Å². The summed E-state index contributed by atoms with van der Waals surface area (Å²) in [6.07, 6.45) is 26.3. The Balaban J connectivity index is -0.00000125. The summed E-state index contributed by atoms with van der Waals surface area (Å²) in [7, 11) is -2.73. The second-order valence-electron chi connectivity index (χ2n) is 9.45. The lowest BCUT2D eigenvalue weighted by Gasteiger charge is -2.33. The van der Waals surface area contributed by atoms with Crippen LogP contribution < -0.4 is 6.15 Å². The monoisotopic (exact) mass is 482 g/mol. The Bertz CT molecular complexity index is 453. The van der Waals surface area contributed by atoms with Gasteiger partial charge in [0.05, 0.1) is 26.7 Å². The number of nitrogens with zero attached hydrogens (tertiary/aromatic N) is 1. The smallest absolute Gasteiger partial charge is 0.0784 e. The Morgan fingerprint density at radius 1 is 0.531 bits per heavy atom. The average Bonchev–Trinajstić information content (AvgIpc) is 2.69. The highest BCUT2D eigenvalue weighted by Gasteiger charge is 2.16. The van der Waals surface area contributed by atoms with Gasteiger partial charge in [-0.1, -0.05) is 110 Å². The molecule has 0 aliphatic rings. The SMILES string of the molecule is CCCCCCCCCCCCCCCCCCC[N+](C)(CC)CCC.O=S(=O)([O-])[O-].[NH4+]. The van der Waals surface area contributed by atoms with Gasteiger partial charge in [0.1, 0.15) is 0 Å². The van der Waals surface area contributed by atoms with E-state index in [1.807, 2.05) is 0 Å². The van der Waals surface area contributed by atoms with Crippen molar-refractivity contribution >= 4 is 10.4 Å². The van der Waals surface area contributed by atoms with Crippen LogP contribution in [0.25, 0.3) is 0 Å². The minimum atomic E-state index is -5.17. The van der Waals surface area contributed by atoms with Gasteiger partial charge in [-0.05, 0) is 26.2 Å². The van der Waals surface area contributed by atoms with E-state index in [0.29, 0.717) is 0 Å². The van der Waals surface area contributed by atoms with Crippen LogP contribution >= 0.6 is 0 Å². The molecule has 0 radical (unpaired) electrons. The Kier molecular flexibility index (Phi) is 28.9. The first kappa shape index (κ1) is 36.4. The van der Waals surface area contributed by atoms with Crippen molar-refractivity contribution in [3.05, 3.63) is 0 Å². The molecule has 198 valence electrons. The lowest BCUT2D eigenvalue weighted by atomic mass is 10.0. The molecule has 0 aliphatic carbocycles. The van der Waals surface area contributed by atoms with Crippen molar-refractivity contribution in [2.75, 3.05) is 26.7 Å². The van der Waals surface area contributed by atoms with E-state index in [1.165, 1.54) is 140 Å². The zero-order valence-corrected chi connectivity index (χ0v) is 23.2. The molecule has 0 fully saturated rings. The highest BCUT2D eigenvalue weighted by molar-refractivity contribution is 7.79. The molecule has 0 aromatic heterocycles. The van der Waals surface area contributed by atoms with Crippen molar-refractivity contribution in [2.24, 2.45) is 0 Å². The molecule has 7 heteroatoms. The minimum Gasteiger partial charge on any atom is -0.759 e. The van der Waals surface area contributed by atoms with E-state index in [4.69, 9.17) is 17.5 Å². The standard InChI is InChI=1S/C25H54N.H3N.H2O4S/c1-5-8-9-10-11-12-13-14-15-16-17-18-19-20-21-22-23-25-26(4,7-3)24-6-2;;1-5(2,3)4/h5-25H2,1-4H3;1H3;(H2,1,2,3,4)/q+1;;/p-1. The fraction of sp³-hybridized carbons (Fsp3) is 1.00. The molecule has 0 aromatic rings. The predicted molar refractivity (Wildman–Crippen MR) is 137 cm³/mol. The summed E-state index contributed by atoms with van der Waals surface area (Å²) < 4.78 is 35.4. The Labute approximate surface area is 201 Å². The van der Waals surface area contributed by atoms with E-state index in [1.54, 1.807) is 0 Å². The molecule has 0 rings (SSSR count). The summed E-state index contributed by atoms with van der Waals surface area (Å²) in [6, 6.07) is 0. The van der Waals surface area contributed by atoms with Crippen molar-refractivity contribution in [2.45, 2.75) is 136 Å². The van der Waals surface area contributed by atoms with Gasteiger partial charge >= 0.3 is 0 Å². The molecule has 1 atom stereocenters. The molecule has 32 heavy (non-hydrogen) atoms. The summed E-state index contributed by atoms with van der Waals surface area (Å²) in [4.78, 5) is 0. The number of quaternary nitrogens is 2. The van der Waals surface area contributed by atoms with Gasteiger partial charge < -0.3 is 19.7 Å². The molecule has 0 saturated heterocycles. The van der Waals surface area contributed by atoms with Crippen LogP contribution in [0, 0.1) is 0 Å². The van der Waals surface area contributed by atoms with Crippen molar-refractivity contribution in [1.82, 2.24) is 6.15 Å². The molecule has 0 amide bonds. The van der Waals surface area contributed by atoms with Crippen LogP contribution in [0.5, 0.6) is 0 Å². The fourth-order valence-corrected chi connectivity index (χ4v) is 4.19. The Morgan fingerprint density at radius 3 is 1.06 bits per heavy atom. The van der Waals surface area contributed by atoms with Gasteiger partial charge in [0.25, 0.3) is 0 Å².